The lowest BCUT2D eigenvalue weighted by Crippen LogP contribution is -2.56. The molecule has 1 atom stereocenters. The van der Waals surface area contributed by atoms with Crippen LogP contribution < -0.4 is 5.32 Å². The maximum atomic E-state index is 14.0. The molecule has 0 radical (unpaired) electrons. The van der Waals surface area contributed by atoms with Crippen LogP contribution >= 0.6 is 0 Å². The molecule has 0 aliphatic carbocycles. The number of amides is 2. The van der Waals surface area contributed by atoms with Gasteiger partial charge < -0.3 is 20.2 Å². The first-order chi connectivity index (χ1) is 13.9. The number of nitrogens with one attached hydrogen (secondary N) is 1. The van der Waals surface area contributed by atoms with E-state index in [9.17, 15) is 19.1 Å². The first kappa shape index (κ1) is 19.2. The smallest absolute Gasteiger partial charge is 0.274 e. The van der Waals surface area contributed by atoms with E-state index in [2.05, 4.69) is 11.9 Å². The van der Waals surface area contributed by atoms with Crippen LogP contribution in [0.4, 0.5) is 4.39 Å². The number of aliphatic hydroxyl groups excluding tert-OH is 1. The molecular formula is C22H24FN3O3. The molecule has 1 unspecified atom stereocenters. The van der Waals surface area contributed by atoms with Gasteiger partial charge in [0.2, 0.25) is 0 Å². The molecule has 2 fully saturated rings. The summed E-state index contributed by atoms with van der Waals surface area (Å²) in [5.41, 5.74) is 1.62. The minimum atomic E-state index is -0.473. The average molecular weight is 397 g/mol. The number of halogens is 1. The highest BCUT2D eigenvalue weighted by molar-refractivity contribution is 6.02. The molecule has 3 aliphatic rings. The van der Waals surface area contributed by atoms with Gasteiger partial charge in [-0.15, -0.1) is 0 Å². The standard InChI is InChI=1S/C22H24FN3O3/c1-13-6-7-15(18(23)9-13)10-24-21(28)17-12-25-11-16-5-3-4-8-26(16)22(29)19(25)20(27)14(17)2/h6-7,9,12,16,27H,2-5,8,10-11H2,1H3,(H,24,28). The van der Waals surface area contributed by atoms with E-state index < -0.39 is 5.91 Å². The molecular weight excluding hydrogens is 373 g/mol. The Bertz CT molecular complexity index is 966. The number of allylic oxidation sites excluding steroid dienone is 1. The van der Waals surface area contributed by atoms with Crippen molar-refractivity contribution in [3.05, 3.63) is 70.5 Å². The Labute approximate surface area is 169 Å². The van der Waals surface area contributed by atoms with E-state index in [1.165, 1.54) is 6.07 Å². The molecule has 3 aliphatic heterocycles. The van der Waals surface area contributed by atoms with Crippen LogP contribution in [-0.4, -0.2) is 45.9 Å². The van der Waals surface area contributed by atoms with Gasteiger partial charge in [0.05, 0.1) is 5.57 Å². The fourth-order valence-corrected chi connectivity index (χ4v) is 4.16. The van der Waals surface area contributed by atoms with Gasteiger partial charge in [0.15, 0.2) is 5.76 Å². The average Bonchev–Trinajstić information content (AvgIpc) is 2.70. The lowest BCUT2D eigenvalue weighted by molar-refractivity contribution is -0.136. The molecule has 152 valence electrons. The molecule has 0 saturated carbocycles. The van der Waals surface area contributed by atoms with E-state index in [1.807, 2.05) is 0 Å². The second kappa shape index (κ2) is 7.39. The van der Waals surface area contributed by atoms with Crippen molar-refractivity contribution < 1.29 is 19.1 Å². The van der Waals surface area contributed by atoms with Crippen molar-refractivity contribution in [2.45, 2.75) is 38.8 Å². The number of piperidine rings is 1. The van der Waals surface area contributed by atoms with E-state index in [-0.39, 0.29) is 46.9 Å². The number of nitrogens with zero attached hydrogens (tertiary/aromatic N) is 2. The Kier molecular flexibility index (Phi) is 4.90. The topological polar surface area (TPSA) is 72.9 Å². The third kappa shape index (κ3) is 3.41. The Hall–Kier alpha value is -3.09. The second-order valence-corrected chi connectivity index (χ2v) is 7.80. The molecule has 0 bridgehead atoms. The summed E-state index contributed by atoms with van der Waals surface area (Å²) in [6.45, 7) is 6.82. The van der Waals surface area contributed by atoms with Crippen molar-refractivity contribution in [2.24, 2.45) is 0 Å². The second-order valence-electron chi connectivity index (χ2n) is 7.80. The fourth-order valence-electron chi connectivity index (χ4n) is 4.16. The molecule has 6 nitrogen and oxygen atoms in total. The van der Waals surface area contributed by atoms with Crippen molar-refractivity contribution in [2.75, 3.05) is 13.1 Å². The normalized spacial score (nSPS) is 21.6. The van der Waals surface area contributed by atoms with Gasteiger partial charge in [-0.25, -0.2) is 4.39 Å². The summed E-state index contributed by atoms with van der Waals surface area (Å²) in [5, 5.41) is 13.3. The number of benzene rings is 1. The maximum Gasteiger partial charge on any atom is 0.274 e. The predicted molar refractivity (Wildman–Crippen MR) is 106 cm³/mol. The van der Waals surface area contributed by atoms with E-state index in [0.29, 0.717) is 18.7 Å². The molecule has 2 N–H and O–H groups in total. The molecule has 3 heterocycles. The third-order valence-corrected chi connectivity index (χ3v) is 5.80. The molecule has 0 spiro atoms. The highest BCUT2D eigenvalue weighted by Gasteiger charge is 2.41. The number of hydrogen-bond acceptors (Lipinski definition) is 4. The quantitative estimate of drug-likeness (QED) is 0.823. The third-order valence-electron chi connectivity index (χ3n) is 5.80. The zero-order chi connectivity index (χ0) is 20.7. The Morgan fingerprint density at radius 2 is 2.17 bits per heavy atom. The molecule has 4 rings (SSSR count). The van der Waals surface area contributed by atoms with Crippen LogP contribution in [0.3, 0.4) is 0 Å². The van der Waals surface area contributed by atoms with E-state index in [1.54, 1.807) is 35.1 Å². The Morgan fingerprint density at radius 1 is 1.38 bits per heavy atom. The lowest BCUT2D eigenvalue weighted by Gasteiger charge is -2.45. The highest BCUT2D eigenvalue weighted by Crippen LogP contribution is 2.35. The van der Waals surface area contributed by atoms with Crippen LogP contribution in [0.25, 0.3) is 0 Å². The largest absolute Gasteiger partial charge is 0.505 e. The van der Waals surface area contributed by atoms with Crippen LogP contribution in [-0.2, 0) is 16.1 Å². The van der Waals surface area contributed by atoms with Gasteiger partial charge in [0.1, 0.15) is 11.5 Å². The van der Waals surface area contributed by atoms with Gasteiger partial charge in [-0.3, -0.25) is 9.59 Å². The Morgan fingerprint density at radius 3 is 2.93 bits per heavy atom. The summed E-state index contributed by atoms with van der Waals surface area (Å²) in [6.07, 6.45) is 4.48. The van der Waals surface area contributed by atoms with Gasteiger partial charge in [-0.2, -0.15) is 0 Å². The number of aliphatic hydroxyl groups is 1. The van der Waals surface area contributed by atoms with Crippen molar-refractivity contribution in [1.82, 2.24) is 15.1 Å². The number of carbonyl (C=O) groups is 2. The molecule has 29 heavy (non-hydrogen) atoms. The number of piperazine rings is 1. The van der Waals surface area contributed by atoms with Crippen LogP contribution in [0, 0.1) is 12.7 Å². The van der Waals surface area contributed by atoms with Crippen molar-refractivity contribution in [1.29, 1.82) is 0 Å². The van der Waals surface area contributed by atoms with Gasteiger partial charge in [0, 0.05) is 43.0 Å². The number of rotatable bonds is 3. The Balaban J connectivity index is 1.53. The van der Waals surface area contributed by atoms with Crippen LogP contribution in [0.1, 0.15) is 30.4 Å². The summed E-state index contributed by atoms with van der Waals surface area (Å²) in [4.78, 5) is 29.0. The summed E-state index contributed by atoms with van der Waals surface area (Å²) in [5.74, 6) is -1.35. The predicted octanol–water partition coefficient (Wildman–Crippen LogP) is 2.67. The summed E-state index contributed by atoms with van der Waals surface area (Å²) in [6, 6.07) is 4.89. The van der Waals surface area contributed by atoms with Crippen LogP contribution in [0.2, 0.25) is 0 Å². The summed E-state index contributed by atoms with van der Waals surface area (Å²) < 4.78 is 14.0. The summed E-state index contributed by atoms with van der Waals surface area (Å²) >= 11 is 0. The van der Waals surface area contributed by atoms with Gasteiger partial charge in [0.25, 0.3) is 11.8 Å². The molecule has 1 aromatic rings. The van der Waals surface area contributed by atoms with E-state index in [4.69, 9.17) is 0 Å². The van der Waals surface area contributed by atoms with Crippen molar-refractivity contribution >= 4 is 11.8 Å². The molecule has 7 heteroatoms. The van der Waals surface area contributed by atoms with Crippen molar-refractivity contribution in [3.8, 4) is 0 Å². The van der Waals surface area contributed by atoms with Crippen LogP contribution in [0.15, 0.2) is 53.6 Å². The SMILES string of the molecule is C=C1C(C(=O)NCc2ccc(C)cc2F)=CN2CC3CCCCN3C(=O)C2=C1O. The minimum Gasteiger partial charge on any atom is -0.505 e. The number of aryl methyl sites for hydroxylation is 1. The first-order valence-electron chi connectivity index (χ1n) is 9.82. The molecule has 2 saturated heterocycles. The fraction of sp³-hybridized carbons (Fsp3) is 0.364. The van der Waals surface area contributed by atoms with Crippen molar-refractivity contribution in [3.63, 3.8) is 0 Å². The van der Waals surface area contributed by atoms with Gasteiger partial charge >= 0.3 is 0 Å². The van der Waals surface area contributed by atoms with Crippen LogP contribution in [0.5, 0.6) is 0 Å². The monoisotopic (exact) mass is 397 g/mol. The number of hydrogen-bond donors (Lipinski definition) is 2. The maximum absolute atomic E-state index is 14.0. The zero-order valence-corrected chi connectivity index (χ0v) is 16.4. The molecule has 1 aromatic carbocycles. The molecule has 2 amide bonds. The number of carbonyl (C=O) groups excluding carboxylic acids is 2. The zero-order valence-electron chi connectivity index (χ0n) is 16.4. The lowest BCUT2D eigenvalue weighted by atomic mass is 9.93. The van der Waals surface area contributed by atoms with Gasteiger partial charge in [-0.1, -0.05) is 18.7 Å². The molecule has 0 aromatic heterocycles. The number of fused-ring (bicyclic) bond motifs is 2. The highest BCUT2D eigenvalue weighted by atomic mass is 19.1. The van der Waals surface area contributed by atoms with E-state index >= 15 is 0 Å². The first-order valence-corrected chi connectivity index (χ1v) is 9.82. The van der Waals surface area contributed by atoms with Gasteiger partial charge in [-0.05, 0) is 37.8 Å². The van der Waals surface area contributed by atoms with E-state index in [0.717, 1.165) is 24.8 Å². The summed E-state index contributed by atoms with van der Waals surface area (Å²) in [7, 11) is 0. The minimum absolute atomic E-state index is 0.0161.